The van der Waals surface area contributed by atoms with Crippen LogP contribution in [0.2, 0.25) is 0 Å². The van der Waals surface area contributed by atoms with Gasteiger partial charge in [-0.1, -0.05) is 62.7 Å². The molecule has 1 unspecified atom stereocenters. The minimum Gasteiger partial charge on any atom is -0.489 e. The Morgan fingerprint density at radius 3 is 2.39 bits per heavy atom. The van der Waals surface area contributed by atoms with Crippen molar-refractivity contribution in [2.75, 3.05) is 0 Å². The lowest BCUT2D eigenvalue weighted by molar-refractivity contribution is -0.124. The predicted octanol–water partition coefficient (Wildman–Crippen LogP) is 4.32. The number of carbonyl (C=O) groups is 1. The average Bonchev–Trinajstić information content (AvgIpc) is 2.60. The normalized spacial score (nSPS) is 11.7. The first-order valence-electron chi connectivity index (χ1n) is 8.22. The van der Waals surface area contributed by atoms with E-state index in [1.54, 1.807) is 0 Å². The fraction of sp³-hybridized carbons (Fsp3) is 0.350. The van der Waals surface area contributed by atoms with Crippen LogP contribution in [-0.4, -0.2) is 5.91 Å². The van der Waals surface area contributed by atoms with E-state index in [4.69, 9.17) is 4.74 Å². The van der Waals surface area contributed by atoms with E-state index >= 15 is 0 Å². The molecular weight excluding hydrogens is 286 g/mol. The minimum absolute atomic E-state index is 0.0773. The highest BCUT2D eigenvalue weighted by molar-refractivity contribution is 5.78. The van der Waals surface area contributed by atoms with Gasteiger partial charge in [0.25, 0.3) is 0 Å². The molecule has 1 N–H and O–H groups in total. The first-order valence-corrected chi connectivity index (χ1v) is 8.22. The lowest BCUT2D eigenvalue weighted by Crippen LogP contribution is -2.28. The highest BCUT2D eigenvalue weighted by Gasteiger charge is 2.10. The molecule has 0 heterocycles. The number of amides is 1. The van der Waals surface area contributed by atoms with Gasteiger partial charge in [0.2, 0.25) is 5.91 Å². The van der Waals surface area contributed by atoms with Crippen molar-refractivity contribution in [2.24, 2.45) is 5.92 Å². The largest absolute Gasteiger partial charge is 0.489 e. The topological polar surface area (TPSA) is 38.3 Å². The molecule has 122 valence electrons. The van der Waals surface area contributed by atoms with Crippen LogP contribution in [0.25, 0.3) is 0 Å². The predicted molar refractivity (Wildman–Crippen MR) is 93.1 cm³/mol. The summed E-state index contributed by atoms with van der Waals surface area (Å²) in [6.45, 7) is 5.19. The van der Waals surface area contributed by atoms with Crippen molar-refractivity contribution < 1.29 is 9.53 Å². The van der Waals surface area contributed by atoms with E-state index in [0.29, 0.717) is 13.2 Å². The van der Waals surface area contributed by atoms with Crippen molar-refractivity contribution in [3.05, 3.63) is 65.7 Å². The first kappa shape index (κ1) is 17.1. The van der Waals surface area contributed by atoms with Crippen LogP contribution in [0.1, 0.15) is 37.8 Å². The van der Waals surface area contributed by atoms with Crippen molar-refractivity contribution in [2.45, 2.75) is 39.8 Å². The maximum Gasteiger partial charge on any atom is 0.223 e. The summed E-state index contributed by atoms with van der Waals surface area (Å²) < 4.78 is 5.76. The summed E-state index contributed by atoms with van der Waals surface area (Å²) in [4.78, 5) is 11.9. The molecule has 0 bridgehead atoms. The molecule has 23 heavy (non-hydrogen) atoms. The van der Waals surface area contributed by atoms with Gasteiger partial charge >= 0.3 is 0 Å². The van der Waals surface area contributed by atoms with E-state index in [2.05, 4.69) is 12.2 Å². The first-order chi connectivity index (χ1) is 11.2. The van der Waals surface area contributed by atoms with Crippen molar-refractivity contribution in [3.63, 3.8) is 0 Å². The minimum atomic E-state index is 0.0773. The van der Waals surface area contributed by atoms with Crippen LogP contribution in [0.4, 0.5) is 0 Å². The average molecular weight is 311 g/mol. The fourth-order valence-corrected chi connectivity index (χ4v) is 2.37. The molecule has 0 aliphatic carbocycles. The van der Waals surface area contributed by atoms with E-state index < -0.39 is 0 Å². The van der Waals surface area contributed by atoms with Gasteiger partial charge in [0, 0.05) is 12.5 Å². The van der Waals surface area contributed by atoms with E-state index in [1.807, 2.05) is 61.5 Å². The van der Waals surface area contributed by atoms with Gasteiger partial charge in [-0.3, -0.25) is 4.79 Å². The van der Waals surface area contributed by atoms with Crippen LogP contribution < -0.4 is 10.1 Å². The maximum atomic E-state index is 11.9. The Morgan fingerprint density at radius 2 is 1.74 bits per heavy atom. The van der Waals surface area contributed by atoms with Crippen molar-refractivity contribution >= 4 is 5.91 Å². The molecule has 0 saturated heterocycles. The zero-order valence-electron chi connectivity index (χ0n) is 13.9. The number of rotatable bonds is 8. The molecule has 3 nitrogen and oxygen atoms in total. The molecule has 2 rings (SSSR count). The number of carbonyl (C=O) groups excluding carboxylic acids is 1. The van der Waals surface area contributed by atoms with Gasteiger partial charge in [-0.15, -0.1) is 0 Å². The molecule has 1 atom stereocenters. The molecule has 3 heteroatoms. The Morgan fingerprint density at radius 1 is 1.04 bits per heavy atom. The maximum absolute atomic E-state index is 11.9. The van der Waals surface area contributed by atoms with Gasteiger partial charge in [0.1, 0.15) is 12.4 Å². The van der Waals surface area contributed by atoms with Gasteiger partial charge in [-0.05, 0) is 29.7 Å². The molecule has 2 aromatic rings. The number of hydrogen-bond acceptors (Lipinski definition) is 2. The number of nitrogens with one attached hydrogen (secondary N) is 1. The number of ether oxygens (including phenoxy) is 1. The van der Waals surface area contributed by atoms with Crippen LogP contribution >= 0.6 is 0 Å². The second-order valence-corrected chi connectivity index (χ2v) is 5.83. The second-order valence-electron chi connectivity index (χ2n) is 5.83. The van der Waals surface area contributed by atoms with E-state index in [-0.39, 0.29) is 11.8 Å². The molecule has 0 spiro atoms. The Hall–Kier alpha value is -2.29. The zero-order chi connectivity index (χ0) is 16.5. The Balaban J connectivity index is 1.79. The van der Waals surface area contributed by atoms with Crippen LogP contribution in [0.5, 0.6) is 5.75 Å². The highest BCUT2D eigenvalue weighted by atomic mass is 16.5. The van der Waals surface area contributed by atoms with Crippen molar-refractivity contribution in [3.8, 4) is 5.75 Å². The van der Waals surface area contributed by atoms with Gasteiger partial charge in [0.05, 0.1) is 0 Å². The summed E-state index contributed by atoms with van der Waals surface area (Å²) in [7, 11) is 0. The lowest BCUT2D eigenvalue weighted by atomic mass is 10.1. The zero-order valence-corrected chi connectivity index (χ0v) is 13.9. The molecule has 1 amide bonds. The van der Waals surface area contributed by atoms with Crippen LogP contribution in [-0.2, 0) is 17.9 Å². The van der Waals surface area contributed by atoms with Crippen molar-refractivity contribution in [1.29, 1.82) is 0 Å². The Labute approximate surface area is 138 Å². The molecule has 0 saturated carbocycles. The SMILES string of the molecule is CCCC(C)C(=O)NCc1ccc(OCc2ccccc2)cc1. The summed E-state index contributed by atoms with van der Waals surface area (Å²) in [5, 5.41) is 2.98. The monoisotopic (exact) mass is 311 g/mol. The van der Waals surface area contributed by atoms with Crippen LogP contribution in [0.15, 0.2) is 54.6 Å². The van der Waals surface area contributed by atoms with E-state index in [1.165, 1.54) is 0 Å². The quantitative estimate of drug-likeness (QED) is 0.788. The summed E-state index contributed by atoms with van der Waals surface area (Å²) in [5.74, 6) is 1.04. The number of benzene rings is 2. The van der Waals surface area contributed by atoms with E-state index in [9.17, 15) is 4.79 Å². The third-order valence-corrected chi connectivity index (χ3v) is 3.81. The third kappa shape index (κ3) is 5.78. The molecule has 0 aromatic heterocycles. The fourth-order valence-electron chi connectivity index (χ4n) is 2.37. The van der Waals surface area contributed by atoms with Gasteiger partial charge in [0.15, 0.2) is 0 Å². The van der Waals surface area contributed by atoms with Gasteiger partial charge in [-0.25, -0.2) is 0 Å². The standard InChI is InChI=1S/C20H25NO2/c1-3-7-16(2)20(22)21-14-17-10-12-19(13-11-17)23-15-18-8-5-4-6-9-18/h4-6,8-13,16H,3,7,14-15H2,1-2H3,(H,21,22). The van der Waals surface area contributed by atoms with Gasteiger partial charge < -0.3 is 10.1 Å². The van der Waals surface area contributed by atoms with E-state index in [0.717, 1.165) is 29.7 Å². The lowest BCUT2D eigenvalue weighted by Gasteiger charge is -2.11. The molecule has 0 fully saturated rings. The summed E-state index contributed by atoms with van der Waals surface area (Å²) in [6, 6.07) is 18.0. The van der Waals surface area contributed by atoms with Crippen molar-refractivity contribution in [1.82, 2.24) is 5.32 Å². The molecule has 0 aliphatic rings. The molecule has 0 aliphatic heterocycles. The molecule has 2 aromatic carbocycles. The smallest absolute Gasteiger partial charge is 0.223 e. The van der Waals surface area contributed by atoms with Gasteiger partial charge in [-0.2, -0.15) is 0 Å². The Kier molecular flexibility index (Phi) is 6.67. The summed E-state index contributed by atoms with van der Waals surface area (Å²) >= 11 is 0. The second kappa shape index (κ2) is 8.99. The molecule has 0 radical (unpaired) electrons. The highest BCUT2D eigenvalue weighted by Crippen LogP contribution is 2.14. The Bertz CT molecular complexity index is 593. The molecular formula is C20H25NO2. The number of hydrogen-bond donors (Lipinski definition) is 1. The third-order valence-electron chi connectivity index (χ3n) is 3.81. The summed E-state index contributed by atoms with van der Waals surface area (Å²) in [5.41, 5.74) is 2.22. The summed E-state index contributed by atoms with van der Waals surface area (Å²) in [6.07, 6.45) is 1.96. The van der Waals surface area contributed by atoms with Crippen LogP contribution in [0.3, 0.4) is 0 Å². The van der Waals surface area contributed by atoms with Crippen LogP contribution in [0, 0.1) is 5.92 Å².